The van der Waals surface area contributed by atoms with E-state index in [-0.39, 0.29) is 12.5 Å². The summed E-state index contributed by atoms with van der Waals surface area (Å²) in [7, 11) is 1.61. The fourth-order valence-corrected chi connectivity index (χ4v) is 2.98. The lowest BCUT2D eigenvalue weighted by Crippen LogP contribution is -2.30. The highest BCUT2D eigenvalue weighted by Crippen LogP contribution is 2.19. The molecule has 2 aromatic carbocycles. The summed E-state index contributed by atoms with van der Waals surface area (Å²) in [4.78, 5) is 11.9. The molecule has 26 heavy (non-hydrogen) atoms. The SMILES string of the molecule is COc1ccc(OCC(=O)NCCCn2c(C)cc3ccccc32)cc1. The molecule has 1 heterocycles. The van der Waals surface area contributed by atoms with Gasteiger partial charge in [-0.1, -0.05) is 18.2 Å². The Morgan fingerprint density at radius 2 is 1.81 bits per heavy atom. The maximum atomic E-state index is 11.9. The number of ether oxygens (including phenoxy) is 2. The van der Waals surface area contributed by atoms with E-state index in [4.69, 9.17) is 9.47 Å². The van der Waals surface area contributed by atoms with Crippen molar-refractivity contribution in [1.29, 1.82) is 0 Å². The summed E-state index contributed by atoms with van der Waals surface area (Å²) in [6.45, 7) is 3.62. The molecule has 3 aromatic rings. The molecule has 0 atom stereocenters. The lowest BCUT2D eigenvalue weighted by atomic mass is 10.2. The van der Waals surface area contributed by atoms with E-state index >= 15 is 0 Å². The molecule has 0 saturated heterocycles. The Bertz CT molecular complexity index is 869. The maximum absolute atomic E-state index is 11.9. The number of hydrogen-bond donors (Lipinski definition) is 1. The topological polar surface area (TPSA) is 52.5 Å². The fourth-order valence-electron chi connectivity index (χ4n) is 2.98. The van der Waals surface area contributed by atoms with Crippen molar-refractivity contribution in [3.8, 4) is 11.5 Å². The number of para-hydroxylation sites is 1. The first-order chi connectivity index (χ1) is 12.7. The van der Waals surface area contributed by atoms with Gasteiger partial charge >= 0.3 is 0 Å². The van der Waals surface area contributed by atoms with Gasteiger partial charge in [-0.3, -0.25) is 4.79 Å². The smallest absolute Gasteiger partial charge is 0.257 e. The number of hydrogen-bond acceptors (Lipinski definition) is 3. The van der Waals surface area contributed by atoms with Crippen LogP contribution in [0, 0.1) is 6.92 Å². The third-order valence-electron chi connectivity index (χ3n) is 4.33. The Hall–Kier alpha value is -2.95. The zero-order valence-corrected chi connectivity index (χ0v) is 15.2. The molecule has 1 amide bonds. The summed E-state index contributed by atoms with van der Waals surface area (Å²) < 4.78 is 12.9. The van der Waals surface area contributed by atoms with E-state index < -0.39 is 0 Å². The highest BCUT2D eigenvalue weighted by atomic mass is 16.5. The van der Waals surface area contributed by atoms with Crippen LogP contribution in [0.4, 0.5) is 0 Å². The molecule has 5 heteroatoms. The van der Waals surface area contributed by atoms with Crippen molar-refractivity contribution in [2.45, 2.75) is 19.9 Å². The summed E-state index contributed by atoms with van der Waals surface area (Å²) in [5.74, 6) is 1.29. The number of nitrogens with one attached hydrogen (secondary N) is 1. The van der Waals surface area contributed by atoms with Crippen molar-refractivity contribution in [3.63, 3.8) is 0 Å². The first kappa shape index (κ1) is 17.9. The normalized spacial score (nSPS) is 10.7. The van der Waals surface area contributed by atoms with E-state index in [9.17, 15) is 4.79 Å². The molecule has 1 aromatic heterocycles. The Kier molecular flexibility index (Phi) is 5.79. The van der Waals surface area contributed by atoms with Gasteiger partial charge in [0.25, 0.3) is 5.91 Å². The van der Waals surface area contributed by atoms with Crippen LogP contribution in [0.15, 0.2) is 54.6 Å². The second-order valence-corrected chi connectivity index (χ2v) is 6.16. The number of rotatable bonds is 8. The van der Waals surface area contributed by atoms with Gasteiger partial charge in [0.1, 0.15) is 11.5 Å². The number of carbonyl (C=O) groups is 1. The van der Waals surface area contributed by atoms with Crippen LogP contribution in [-0.4, -0.2) is 30.7 Å². The van der Waals surface area contributed by atoms with Gasteiger partial charge in [0, 0.05) is 24.3 Å². The fraction of sp³-hybridized carbons (Fsp3) is 0.286. The van der Waals surface area contributed by atoms with Gasteiger partial charge in [0.05, 0.1) is 7.11 Å². The van der Waals surface area contributed by atoms with Crippen molar-refractivity contribution in [2.24, 2.45) is 0 Å². The number of amides is 1. The molecule has 0 unspecified atom stereocenters. The molecular weight excluding hydrogens is 328 g/mol. The first-order valence-electron chi connectivity index (χ1n) is 8.76. The third-order valence-corrected chi connectivity index (χ3v) is 4.33. The van der Waals surface area contributed by atoms with Crippen LogP contribution in [0.25, 0.3) is 10.9 Å². The highest BCUT2D eigenvalue weighted by molar-refractivity contribution is 5.81. The van der Waals surface area contributed by atoms with E-state index in [2.05, 4.69) is 47.1 Å². The Morgan fingerprint density at radius 1 is 1.08 bits per heavy atom. The summed E-state index contributed by atoms with van der Waals surface area (Å²) in [5.41, 5.74) is 2.47. The minimum absolute atomic E-state index is 0.0117. The van der Waals surface area contributed by atoms with Crippen LogP contribution in [0.2, 0.25) is 0 Å². The quantitative estimate of drug-likeness (QED) is 0.631. The lowest BCUT2D eigenvalue weighted by Gasteiger charge is -2.10. The number of nitrogens with zero attached hydrogens (tertiary/aromatic N) is 1. The average molecular weight is 352 g/mol. The predicted octanol–water partition coefficient (Wildman–Crippen LogP) is 3.54. The number of methoxy groups -OCH3 is 1. The number of aromatic nitrogens is 1. The zero-order valence-electron chi connectivity index (χ0n) is 15.2. The van der Waals surface area contributed by atoms with Crippen molar-refractivity contribution in [1.82, 2.24) is 9.88 Å². The molecule has 0 spiro atoms. The molecule has 0 aliphatic heterocycles. The van der Waals surface area contributed by atoms with Crippen LogP contribution in [0.3, 0.4) is 0 Å². The molecule has 1 N–H and O–H groups in total. The van der Waals surface area contributed by atoms with Gasteiger partial charge in [-0.15, -0.1) is 0 Å². The van der Waals surface area contributed by atoms with E-state index in [1.165, 1.54) is 16.6 Å². The van der Waals surface area contributed by atoms with Gasteiger partial charge in [0.2, 0.25) is 0 Å². The zero-order chi connectivity index (χ0) is 18.4. The van der Waals surface area contributed by atoms with E-state index in [1.54, 1.807) is 31.4 Å². The maximum Gasteiger partial charge on any atom is 0.257 e. The van der Waals surface area contributed by atoms with Crippen LogP contribution in [0.5, 0.6) is 11.5 Å². The number of carbonyl (C=O) groups excluding carboxylic acids is 1. The largest absolute Gasteiger partial charge is 0.497 e. The summed E-state index contributed by atoms with van der Waals surface area (Å²) in [6.07, 6.45) is 0.869. The number of aryl methyl sites for hydroxylation is 2. The standard InChI is InChI=1S/C21H24N2O3/c1-16-14-17-6-3-4-7-20(17)23(16)13-5-12-22-21(24)15-26-19-10-8-18(25-2)9-11-19/h3-4,6-11,14H,5,12-13,15H2,1-2H3,(H,22,24). The van der Waals surface area contributed by atoms with Gasteiger partial charge in [-0.05, 0) is 55.1 Å². The Morgan fingerprint density at radius 3 is 2.58 bits per heavy atom. The van der Waals surface area contributed by atoms with Crippen LogP contribution in [-0.2, 0) is 11.3 Å². The molecule has 0 aliphatic rings. The number of benzene rings is 2. The molecule has 0 saturated carbocycles. The summed E-state index contributed by atoms with van der Waals surface area (Å²) in [6, 6.07) is 17.7. The van der Waals surface area contributed by atoms with Crippen LogP contribution >= 0.6 is 0 Å². The molecule has 0 radical (unpaired) electrons. The van der Waals surface area contributed by atoms with Crippen molar-refractivity contribution < 1.29 is 14.3 Å². The molecule has 0 fully saturated rings. The van der Waals surface area contributed by atoms with Gasteiger partial charge in [-0.25, -0.2) is 0 Å². The Balaban J connectivity index is 1.41. The summed E-state index contributed by atoms with van der Waals surface area (Å²) >= 11 is 0. The number of fused-ring (bicyclic) bond motifs is 1. The molecule has 5 nitrogen and oxygen atoms in total. The van der Waals surface area contributed by atoms with Crippen molar-refractivity contribution in [3.05, 3.63) is 60.3 Å². The average Bonchev–Trinajstić information content (AvgIpc) is 2.99. The second-order valence-electron chi connectivity index (χ2n) is 6.16. The monoisotopic (exact) mass is 352 g/mol. The molecular formula is C21H24N2O3. The minimum Gasteiger partial charge on any atom is -0.497 e. The first-order valence-corrected chi connectivity index (χ1v) is 8.76. The molecule has 0 aliphatic carbocycles. The van der Waals surface area contributed by atoms with Gasteiger partial charge in [-0.2, -0.15) is 0 Å². The van der Waals surface area contributed by atoms with E-state index in [0.29, 0.717) is 12.3 Å². The van der Waals surface area contributed by atoms with Crippen molar-refractivity contribution in [2.75, 3.05) is 20.3 Å². The van der Waals surface area contributed by atoms with Crippen LogP contribution in [0.1, 0.15) is 12.1 Å². The van der Waals surface area contributed by atoms with Crippen LogP contribution < -0.4 is 14.8 Å². The highest BCUT2D eigenvalue weighted by Gasteiger charge is 2.06. The van der Waals surface area contributed by atoms with Gasteiger partial charge in [0.15, 0.2) is 6.61 Å². The second kappa shape index (κ2) is 8.43. The predicted molar refractivity (Wildman–Crippen MR) is 103 cm³/mol. The minimum atomic E-state index is -0.116. The molecule has 3 rings (SSSR count). The van der Waals surface area contributed by atoms with E-state index in [0.717, 1.165) is 18.7 Å². The molecule has 0 bridgehead atoms. The van der Waals surface area contributed by atoms with Crippen molar-refractivity contribution >= 4 is 16.8 Å². The summed E-state index contributed by atoms with van der Waals surface area (Å²) in [5, 5.41) is 4.16. The third kappa shape index (κ3) is 4.36. The Labute approximate surface area is 153 Å². The lowest BCUT2D eigenvalue weighted by molar-refractivity contribution is -0.123. The molecule has 136 valence electrons. The van der Waals surface area contributed by atoms with Gasteiger partial charge < -0.3 is 19.4 Å². The van der Waals surface area contributed by atoms with E-state index in [1.807, 2.05) is 0 Å².